The van der Waals surface area contributed by atoms with E-state index in [1.54, 1.807) is 25.1 Å². The normalized spacial score (nSPS) is 12.9. The van der Waals surface area contributed by atoms with Crippen molar-refractivity contribution in [2.24, 2.45) is 16.0 Å². The van der Waals surface area contributed by atoms with E-state index in [4.69, 9.17) is 27.7 Å². The number of benzene rings is 1. The van der Waals surface area contributed by atoms with Crippen LogP contribution in [0.5, 0.6) is 0 Å². The maximum atomic E-state index is 8.76. The summed E-state index contributed by atoms with van der Waals surface area (Å²) in [5.41, 5.74) is 6.67. The van der Waals surface area contributed by atoms with Gasteiger partial charge in [-0.15, -0.1) is 0 Å². The molecule has 5 nitrogen and oxygen atoms in total. The summed E-state index contributed by atoms with van der Waals surface area (Å²) >= 11 is 5.77. The van der Waals surface area contributed by atoms with Gasteiger partial charge in [0.15, 0.2) is 11.5 Å². The summed E-state index contributed by atoms with van der Waals surface area (Å²) in [6, 6.07) is 4.94. The zero-order valence-corrected chi connectivity index (χ0v) is 8.73. The highest BCUT2D eigenvalue weighted by Crippen LogP contribution is 2.16. The molecule has 1 aromatic carbocycles. The zero-order valence-electron chi connectivity index (χ0n) is 7.98. The van der Waals surface area contributed by atoms with Crippen LogP contribution in [0, 0.1) is 6.92 Å². The van der Waals surface area contributed by atoms with Crippen LogP contribution in [-0.2, 0) is 0 Å². The van der Waals surface area contributed by atoms with Gasteiger partial charge in [-0.25, -0.2) is 0 Å². The molecule has 0 atom stereocenters. The first-order chi connectivity index (χ1) is 7.10. The Balaban J connectivity index is 3.26. The second-order valence-electron chi connectivity index (χ2n) is 2.89. The highest BCUT2D eigenvalue weighted by Gasteiger charge is 2.12. The van der Waals surface area contributed by atoms with Crippen LogP contribution in [0.1, 0.15) is 11.1 Å². The molecule has 0 saturated carbocycles. The van der Waals surface area contributed by atoms with E-state index >= 15 is 0 Å². The Hall–Kier alpha value is -1.75. The summed E-state index contributed by atoms with van der Waals surface area (Å²) in [4.78, 5) is 0. The Bertz CT molecular complexity index is 429. The topological polar surface area (TPSA) is 91.2 Å². The van der Waals surface area contributed by atoms with Crippen LogP contribution in [0.2, 0.25) is 5.02 Å². The van der Waals surface area contributed by atoms with E-state index in [0.717, 1.165) is 5.56 Å². The average molecular weight is 228 g/mol. The van der Waals surface area contributed by atoms with E-state index in [-0.39, 0.29) is 11.5 Å². The number of aryl methyl sites for hydroxylation is 1. The summed E-state index contributed by atoms with van der Waals surface area (Å²) in [6.07, 6.45) is 0. The van der Waals surface area contributed by atoms with Crippen LogP contribution in [0.3, 0.4) is 0 Å². The molecule has 0 radical (unpaired) electrons. The molecule has 0 aromatic heterocycles. The molecular formula is C9H10ClN3O2. The third kappa shape index (κ3) is 2.38. The number of nitrogens with two attached hydrogens (primary N) is 1. The van der Waals surface area contributed by atoms with E-state index in [1.165, 1.54) is 0 Å². The van der Waals surface area contributed by atoms with Gasteiger partial charge < -0.3 is 16.1 Å². The number of hydrogen-bond donors (Lipinski definition) is 3. The number of oxime groups is 2. The molecule has 0 fully saturated rings. The highest BCUT2D eigenvalue weighted by molar-refractivity contribution is 6.47. The number of amidine groups is 1. The molecule has 15 heavy (non-hydrogen) atoms. The van der Waals surface area contributed by atoms with Gasteiger partial charge in [0.1, 0.15) is 0 Å². The lowest BCUT2D eigenvalue weighted by Crippen LogP contribution is -2.25. The third-order valence-corrected chi connectivity index (χ3v) is 2.13. The van der Waals surface area contributed by atoms with Crippen molar-refractivity contribution in [1.29, 1.82) is 0 Å². The first-order valence-corrected chi connectivity index (χ1v) is 4.44. The van der Waals surface area contributed by atoms with Crippen LogP contribution >= 0.6 is 11.6 Å². The fraction of sp³-hybridized carbons (Fsp3) is 0.111. The number of hydrogen-bond acceptors (Lipinski definition) is 4. The van der Waals surface area contributed by atoms with Crippen molar-refractivity contribution in [2.45, 2.75) is 6.92 Å². The molecule has 1 rings (SSSR count). The number of halogens is 1. The largest absolute Gasteiger partial charge is 0.410 e. The molecule has 0 aliphatic rings. The summed E-state index contributed by atoms with van der Waals surface area (Å²) < 4.78 is 0. The Labute approximate surface area is 91.5 Å². The number of rotatable bonds is 2. The maximum absolute atomic E-state index is 8.76. The standard InChI is InChI=1S/C9H10ClN3O2/c1-5-4-6(10)2-3-7(5)8(12-14)9(11)13-15/h2-4,14-15H,1H3,(H2,11,13)/b12-8-. The maximum Gasteiger partial charge on any atom is 0.192 e. The quantitative estimate of drug-likeness (QED) is 0.310. The van der Waals surface area contributed by atoms with Crippen LogP contribution in [0.15, 0.2) is 28.5 Å². The molecule has 0 aliphatic carbocycles. The van der Waals surface area contributed by atoms with Crippen molar-refractivity contribution in [3.8, 4) is 0 Å². The highest BCUT2D eigenvalue weighted by atomic mass is 35.5. The molecule has 80 valence electrons. The minimum atomic E-state index is -0.261. The van der Waals surface area contributed by atoms with Crippen molar-refractivity contribution in [1.82, 2.24) is 0 Å². The fourth-order valence-corrected chi connectivity index (χ4v) is 1.41. The van der Waals surface area contributed by atoms with Gasteiger partial charge in [-0.2, -0.15) is 0 Å². The summed E-state index contributed by atoms with van der Waals surface area (Å²) in [6.45, 7) is 1.77. The number of nitrogens with zero attached hydrogens (tertiary/aromatic N) is 2. The summed E-state index contributed by atoms with van der Waals surface area (Å²) in [7, 11) is 0. The van der Waals surface area contributed by atoms with Gasteiger partial charge >= 0.3 is 0 Å². The molecule has 6 heteroatoms. The molecule has 0 unspecified atom stereocenters. The monoisotopic (exact) mass is 227 g/mol. The molecular weight excluding hydrogens is 218 g/mol. The van der Waals surface area contributed by atoms with E-state index in [2.05, 4.69) is 10.3 Å². The smallest absolute Gasteiger partial charge is 0.192 e. The Morgan fingerprint density at radius 3 is 2.47 bits per heavy atom. The molecule has 0 heterocycles. The van der Waals surface area contributed by atoms with E-state index in [1.807, 2.05) is 0 Å². The Kier molecular flexibility index (Phi) is 3.51. The Morgan fingerprint density at radius 1 is 1.33 bits per heavy atom. The minimum absolute atomic E-state index is 0.00617. The van der Waals surface area contributed by atoms with E-state index < -0.39 is 0 Å². The lowest BCUT2D eigenvalue weighted by atomic mass is 10.0. The Morgan fingerprint density at radius 2 is 2.00 bits per heavy atom. The first-order valence-electron chi connectivity index (χ1n) is 4.06. The van der Waals surface area contributed by atoms with Gasteiger partial charge in [-0.3, -0.25) is 0 Å². The SMILES string of the molecule is Cc1cc(Cl)ccc1C(=N/O)/C(N)=N/O. The predicted molar refractivity (Wildman–Crippen MR) is 57.9 cm³/mol. The van der Waals surface area contributed by atoms with Crippen LogP contribution in [-0.4, -0.2) is 22.0 Å². The molecule has 1 aromatic rings. The van der Waals surface area contributed by atoms with E-state index in [0.29, 0.717) is 10.6 Å². The molecule has 4 N–H and O–H groups in total. The van der Waals surface area contributed by atoms with Gasteiger partial charge in [0.25, 0.3) is 0 Å². The summed E-state index contributed by atoms with van der Waals surface area (Å²) in [5.74, 6) is -0.261. The minimum Gasteiger partial charge on any atom is -0.410 e. The second-order valence-corrected chi connectivity index (χ2v) is 3.33. The van der Waals surface area contributed by atoms with E-state index in [9.17, 15) is 0 Å². The van der Waals surface area contributed by atoms with Gasteiger partial charge in [0, 0.05) is 10.6 Å². The van der Waals surface area contributed by atoms with Crippen LogP contribution in [0.25, 0.3) is 0 Å². The van der Waals surface area contributed by atoms with Crippen molar-refractivity contribution < 1.29 is 10.4 Å². The second kappa shape index (κ2) is 4.65. The summed E-state index contributed by atoms with van der Waals surface area (Å²) in [5, 5.41) is 23.6. The van der Waals surface area contributed by atoms with Crippen LogP contribution < -0.4 is 5.73 Å². The lowest BCUT2D eigenvalue weighted by Gasteiger charge is -2.06. The third-order valence-electron chi connectivity index (χ3n) is 1.89. The average Bonchev–Trinajstić information content (AvgIpc) is 2.21. The van der Waals surface area contributed by atoms with Crippen LogP contribution in [0.4, 0.5) is 0 Å². The zero-order chi connectivity index (χ0) is 11.4. The first kappa shape index (κ1) is 11.3. The lowest BCUT2D eigenvalue weighted by molar-refractivity contribution is 0.314. The molecule has 0 bridgehead atoms. The fourth-order valence-electron chi connectivity index (χ4n) is 1.18. The molecule has 0 saturated heterocycles. The van der Waals surface area contributed by atoms with Crippen molar-refractivity contribution in [3.05, 3.63) is 34.3 Å². The molecule has 0 aliphatic heterocycles. The van der Waals surface area contributed by atoms with Crippen molar-refractivity contribution in [2.75, 3.05) is 0 Å². The van der Waals surface area contributed by atoms with Crippen molar-refractivity contribution in [3.63, 3.8) is 0 Å². The van der Waals surface area contributed by atoms with Crippen molar-refractivity contribution >= 4 is 23.1 Å². The van der Waals surface area contributed by atoms with Gasteiger partial charge in [0.2, 0.25) is 0 Å². The van der Waals surface area contributed by atoms with Gasteiger partial charge in [0.05, 0.1) is 0 Å². The predicted octanol–water partition coefficient (Wildman–Crippen LogP) is 1.57. The molecule has 0 spiro atoms. The van der Waals surface area contributed by atoms with Gasteiger partial charge in [-0.1, -0.05) is 28.0 Å². The van der Waals surface area contributed by atoms with Gasteiger partial charge in [-0.05, 0) is 24.6 Å². The molecule has 0 amide bonds.